The minimum absolute atomic E-state index is 0.181. The van der Waals surface area contributed by atoms with E-state index in [1.54, 1.807) is 30.5 Å². The van der Waals surface area contributed by atoms with Crippen molar-refractivity contribution in [2.75, 3.05) is 20.8 Å². The number of thiocarbonyl (C=S) groups is 1. The lowest BCUT2D eigenvalue weighted by molar-refractivity contribution is -0.140. The molecule has 1 rings (SSSR count). The van der Waals surface area contributed by atoms with Gasteiger partial charge in [0.15, 0.2) is 5.11 Å². The Morgan fingerprint density at radius 2 is 1.84 bits per heavy atom. The number of unbranched alkanes of at least 4 members (excludes halogenated alkanes) is 2. The van der Waals surface area contributed by atoms with E-state index < -0.39 is 0 Å². The number of rotatable bonds is 9. The molecule has 136 valence electrons. The van der Waals surface area contributed by atoms with Gasteiger partial charge in [-0.3, -0.25) is 10.2 Å². The van der Waals surface area contributed by atoms with Crippen LogP contribution in [0, 0.1) is 0 Å². The SMILES string of the molecule is COC(=O)CCCCCNC(=S)N/N=C\c1ccc(C(=O)OC)cc1. The lowest BCUT2D eigenvalue weighted by Gasteiger charge is -2.06. The summed E-state index contributed by atoms with van der Waals surface area (Å²) in [5.41, 5.74) is 4.03. The van der Waals surface area contributed by atoms with Gasteiger partial charge in [0, 0.05) is 13.0 Å². The summed E-state index contributed by atoms with van der Waals surface area (Å²) < 4.78 is 9.21. The Bertz CT molecular complexity index is 602. The summed E-state index contributed by atoms with van der Waals surface area (Å²) in [5, 5.41) is 7.49. The first-order valence-corrected chi connectivity index (χ1v) is 8.29. The van der Waals surface area contributed by atoms with Crippen molar-refractivity contribution in [2.45, 2.75) is 25.7 Å². The smallest absolute Gasteiger partial charge is 0.337 e. The molecule has 0 bridgehead atoms. The molecule has 1 aromatic carbocycles. The summed E-state index contributed by atoms with van der Waals surface area (Å²) in [4.78, 5) is 22.3. The van der Waals surface area contributed by atoms with Crippen molar-refractivity contribution in [3.63, 3.8) is 0 Å². The second-order valence-corrected chi connectivity index (χ2v) is 5.53. The molecule has 7 nitrogen and oxygen atoms in total. The monoisotopic (exact) mass is 365 g/mol. The van der Waals surface area contributed by atoms with Crippen molar-refractivity contribution < 1.29 is 19.1 Å². The van der Waals surface area contributed by atoms with Crippen molar-refractivity contribution in [1.82, 2.24) is 10.7 Å². The number of ether oxygens (including phenoxy) is 2. The predicted octanol–water partition coefficient (Wildman–Crippen LogP) is 2.00. The molecule has 0 aromatic heterocycles. The molecule has 25 heavy (non-hydrogen) atoms. The van der Waals surface area contributed by atoms with Gasteiger partial charge in [-0.25, -0.2) is 4.79 Å². The Morgan fingerprint density at radius 1 is 1.12 bits per heavy atom. The molecule has 0 unspecified atom stereocenters. The van der Waals surface area contributed by atoms with E-state index in [1.165, 1.54) is 14.2 Å². The highest BCUT2D eigenvalue weighted by molar-refractivity contribution is 7.80. The average molecular weight is 365 g/mol. The molecule has 0 aliphatic heterocycles. The number of carbonyl (C=O) groups excluding carboxylic acids is 2. The van der Waals surface area contributed by atoms with Crippen LogP contribution in [-0.2, 0) is 14.3 Å². The summed E-state index contributed by atoms with van der Waals surface area (Å²) in [6.07, 6.45) is 4.66. The van der Waals surface area contributed by atoms with Gasteiger partial charge in [-0.1, -0.05) is 18.6 Å². The second kappa shape index (κ2) is 12.0. The largest absolute Gasteiger partial charge is 0.469 e. The normalized spacial score (nSPS) is 10.3. The fraction of sp³-hybridized carbons (Fsp3) is 0.412. The third kappa shape index (κ3) is 8.80. The summed E-state index contributed by atoms with van der Waals surface area (Å²) in [5.74, 6) is -0.558. The number of hydrogen-bond donors (Lipinski definition) is 2. The van der Waals surface area contributed by atoms with E-state index in [9.17, 15) is 9.59 Å². The zero-order valence-corrected chi connectivity index (χ0v) is 15.2. The van der Waals surface area contributed by atoms with E-state index in [2.05, 4.69) is 25.3 Å². The van der Waals surface area contributed by atoms with Crippen LogP contribution in [0.4, 0.5) is 0 Å². The molecule has 2 N–H and O–H groups in total. The van der Waals surface area contributed by atoms with Crippen LogP contribution in [0.3, 0.4) is 0 Å². The molecule has 0 spiro atoms. The predicted molar refractivity (Wildman–Crippen MR) is 99.6 cm³/mol. The van der Waals surface area contributed by atoms with Crippen molar-refractivity contribution >= 4 is 35.5 Å². The molecule has 0 heterocycles. The van der Waals surface area contributed by atoms with Gasteiger partial charge in [-0.15, -0.1) is 0 Å². The summed E-state index contributed by atoms with van der Waals surface area (Å²) in [6.45, 7) is 0.705. The Hall–Kier alpha value is -2.48. The van der Waals surface area contributed by atoms with Crippen LogP contribution in [0.2, 0.25) is 0 Å². The Balaban J connectivity index is 2.19. The van der Waals surface area contributed by atoms with Crippen LogP contribution in [0.1, 0.15) is 41.6 Å². The summed E-state index contributed by atoms with van der Waals surface area (Å²) in [6, 6.07) is 6.85. The first kappa shape index (κ1) is 20.6. The molecule has 8 heteroatoms. The molecule has 0 radical (unpaired) electrons. The van der Waals surface area contributed by atoms with E-state index in [4.69, 9.17) is 12.2 Å². The number of hydrogen-bond acceptors (Lipinski definition) is 6. The van der Waals surface area contributed by atoms with Gasteiger partial charge < -0.3 is 14.8 Å². The standard InChI is InChI=1S/C17H23N3O4S/c1-23-15(21)6-4-3-5-11-18-17(25)20-19-12-13-7-9-14(10-8-13)16(22)24-2/h7-10,12H,3-6,11H2,1-2H3,(H2,18,20,25)/b19-12-. The number of methoxy groups -OCH3 is 2. The zero-order chi connectivity index (χ0) is 18.5. The van der Waals surface area contributed by atoms with E-state index >= 15 is 0 Å². The fourth-order valence-corrected chi connectivity index (χ4v) is 2.06. The maximum absolute atomic E-state index is 11.3. The van der Waals surface area contributed by atoms with Gasteiger partial charge in [0.25, 0.3) is 0 Å². The highest BCUT2D eigenvalue weighted by Gasteiger charge is 2.03. The van der Waals surface area contributed by atoms with E-state index in [1.807, 2.05) is 0 Å². The van der Waals surface area contributed by atoms with Crippen molar-refractivity contribution in [2.24, 2.45) is 5.10 Å². The van der Waals surface area contributed by atoms with E-state index in [-0.39, 0.29) is 11.9 Å². The molecular weight excluding hydrogens is 342 g/mol. The first-order valence-electron chi connectivity index (χ1n) is 7.89. The number of esters is 2. The highest BCUT2D eigenvalue weighted by atomic mass is 32.1. The number of nitrogens with one attached hydrogen (secondary N) is 2. The lowest BCUT2D eigenvalue weighted by atomic mass is 10.1. The quantitative estimate of drug-likeness (QED) is 0.227. The van der Waals surface area contributed by atoms with E-state index in [0.717, 1.165) is 24.8 Å². The van der Waals surface area contributed by atoms with Gasteiger partial charge >= 0.3 is 11.9 Å². The molecule has 0 fully saturated rings. The number of carbonyl (C=O) groups is 2. The second-order valence-electron chi connectivity index (χ2n) is 5.13. The minimum Gasteiger partial charge on any atom is -0.469 e. The molecule has 0 aliphatic rings. The maximum Gasteiger partial charge on any atom is 0.337 e. The van der Waals surface area contributed by atoms with Gasteiger partial charge in [-0.2, -0.15) is 5.10 Å². The third-order valence-electron chi connectivity index (χ3n) is 3.28. The molecular formula is C17H23N3O4S. The Labute approximate surface area is 152 Å². The van der Waals surface area contributed by atoms with Gasteiger partial charge in [0.05, 0.1) is 26.0 Å². The van der Waals surface area contributed by atoms with Crippen LogP contribution in [0.5, 0.6) is 0 Å². The van der Waals surface area contributed by atoms with Gasteiger partial charge in [0.2, 0.25) is 0 Å². The molecule has 0 saturated heterocycles. The molecule has 1 aromatic rings. The highest BCUT2D eigenvalue weighted by Crippen LogP contribution is 2.04. The fourth-order valence-electron chi connectivity index (χ4n) is 1.90. The average Bonchev–Trinajstić information content (AvgIpc) is 2.64. The molecule has 0 amide bonds. The first-order chi connectivity index (χ1) is 12.1. The number of benzene rings is 1. The number of hydrazone groups is 1. The van der Waals surface area contributed by atoms with Crippen molar-refractivity contribution in [3.8, 4) is 0 Å². The Kier molecular flexibility index (Phi) is 9.84. The minimum atomic E-state index is -0.376. The van der Waals surface area contributed by atoms with Crippen LogP contribution < -0.4 is 10.7 Å². The van der Waals surface area contributed by atoms with Crippen LogP contribution in [0.15, 0.2) is 29.4 Å². The lowest BCUT2D eigenvalue weighted by Crippen LogP contribution is -2.32. The summed E-state index contributed by atoms with van der Waals surface area (Å²) >= 11 is 5.11. The van der Waals surface area contributed by atoms with Gasteiger partial charge in [-0.05, 0) is 42.8 Å². The molecule has 0 aliphatic carbocycles. The third-order valence-corrected chi connectivity index (χ3v) is 3.52. The van der Waals surface area contributed by atoms with Crippen molar-refractivity contribution in [3.05, 3.63) is 35.4 Å². The van der Waals surface area contributed by atoms with Crippen LogP contribution in [-0.4, -0.2) is 44.0 Å². The molecule has 0 saturated carbocycles. The summed E-state index contributed by atoms with van der Waals surface area (Å²) in [7, 11) is 2.73. The molecule has 0 atom stereocenters. The van der Waals surface area contributed by atoms with Crippen LogP contribution in [0.25, 0.3) is 0 Å². The number of nitrogens with zero attached hydrogens (tertiary/aromatic N) is 1. The maximum atomic E-state index is 11.3. The zero-order valence-electron chi connectivity index (χ0n) is 14.4. The van der Waals surface area contributed by atoms with Crippen LogP contribution >= 0.6 is 12.2 Å². The van der Waals surface area contributed by atoms with E-state index in [0.29, 0.717) is 23.6 Å². The topological polar surface area (TPSA) is 89.0 Å². The van der Waals surface area contributed by atoms with Crippen molar-refractivity contribution in [1.29, 1.82) is 0 Å². The Morgan fingerprint density at radius 3 is 2.48 bits per heavy atom. The van der Waals surface area contributed by atoms with Gasteiger partial charge in [0.1, 0.15) is 0 Å².